The normalized spacial score (nSPS) is 15.0. The quantitative estimate of drug-likeness (QED) is 0.270. The van der Waals surface area contributed by atoms with Crippen LogP contribution in [-0.4, -0.2) is 71.7 Å². The molecule has 228 valence electrons. The number of amides is 3. The second kappa shape index (κ2) is 12.1. The molecule has 0 aliphatic carbocycles. The van der Waals surface area contributed by atoms with Gasteiger partial charge < -0.3 is 20.0 Å². The molecule has 0 saturated carbocycles. The van der Waals surface area contributed by atoms with Crippen LogP contribution in [0.2, 0.25) is 5.02 Å². The highest BCUT2D eigenvalue weighted by Crippen LogP contribution is 2.35. The molecule has 3 amide bonds. The van der Waals surface area contributed by atoms with Gasteiger partial charge in [-0.1, -0.05) is 17.7 Å². The van der Waals surface area contributed by atoms with Crippen LogP contribution in [0.5, 0.6) is 0 Å². The monoisotopic (exact) mass is 615 g/mol. The van der Waals surface area contributed by atoms with Gasteiger partial charge in [0.25, 0.3) is 0 Å². The number of carbonyl (C=O) groups is 3. The topological polar surface area (TPSA) is 129 Å². The van der Waals surface area contributed by atoms with Gasteiger partial charge in [-0.2, -0.15) is 10.1 Å². The van der Waals surface area contributed by atoms with E-state index in [0.717, 1.165) is 59.6 Å². The first kappa shape index (κ1) is 29.4. The van der Waals surface area contributed by atoms with Crippen molar-refractivity contribution in [3.05, 3.63) is 58.7 Å². The fourth-order valence-corrected chi connectivity index (χ4v) is 6.14. The maximum atomic E-state index is 12.1. The predicted octanol–water partition coefficient (Wildman–Crippen LogP) is 3.76. The molecule has 2 aliphatic heterocycles. The number of carbonyl (C=O) groups excluding carboxylic acids is 3. The Balaban J connectivity index is 1.11. The molecule has 0 radical (unpaired) electrons. The number of halogens is 1. The van der Waals surface area contributed by atoms with Crippen LogP contribution in [0.3, 0.4) is 0 Å². The number of nitrogens with zero attached hydrogens (tertiary/aromatic N) is 7. The van der Waals surface area contributed by atoms with E-state index in [2.05, 4.69) is 38.7 Å². The molecular formula is C31H34ClN9O3. The van der Waals surface area contributed by atoms with Crippen LogP contribution in [-0.2, 0) is 27.9 Å². The fraction of sp³-hybridized carbons (Fsp3) is 0.355. The molecular weight excluding hydrogens is 582 g/mol. The summed E-state index contributed by atoms with van der Waals surface area (Å²) in [6.45, 7) is 2.06. The number of anilines is 5. The van der Waals surface area contributed by atoms with Gasteiger partial charge in [0.1, 0.15) is 5.02 Å². The summed E-state index contributed by atoms with van der Waals surface area (Å²) in [5.74, 6) is 2.11. The first-order valence-electron chi connectivity index (χ1n) is 14.6. The zero-order chi connectivity index (χ0) is 31.0. The lowest BCUT2D eigenvalue weighted by Gasteiger charge is -2.32. The van der Waals surface area contributed by atoms with Crippen LogP contribution in [0.25, 0.3) is 10.9 Å². The number of imide groups is 1. The van der Waals surface area contributed by atoms with Gasteiger partial charge in [0, 0.05) is 64.0 Å². The molecule has 2 aromatic heterocycles. The van der Waals surface area contributed by atoms with Gasteiger partial charge >= 0.3 is 0 Å². The van der Waals surface area contributed by atoms with Crippen molar-refractivity contribution in [2.45, 2.75) is 31.6 Å². The highest BCUT2D eigenvalue weighted by Gasteiger charge is 2.26. The average molecular weight is 616 g/mol. The molecule has 1 saturated heterocycles. The zero-order valence-electron chi connectivity index (χ0n) is 24.9. The number of hydrogen-bond donors (Lipinski definition) is 2. The van der Waals surface area contributed by atoms with Crippen LogP contribution in [0, 0.1) is 0 Å². The predicted molar refractivity (Wildman–Crippen MR) is 171 cm³/mol. The number of aromatic nitrogens is 4. The van der Waals surface area contributed by atoms with E-state index in [4.69, 9.17) is 21.7 Å². The number of aryl methyl sites for hydroxylation is 1. The van der Waals surface area contributed by atoms with Crippen LogP contribution in [0.1, 0.15) is 36.3 Å². The van der Waals surface area contributed by atoms with E-state index in [9.17, 15) is 14.4 Å². The summed E-state index contributed by atoms with van der Waals surface area (Å²) < 4.78 is 1.87. The summed E-state index contributed by atoms with van der Waals surface area (Å²) in [5.41, 5.74) is 5.01. The van der Waals surface area contributed by atoms with E-state index in [1.165, 1.54) is 5.56 Å². The molecule has 4 heterocycles. The van der Waals surface area contributed by atoms with E-state index in [1.807, 2.05) is 41.9 Å². The minimum Gasteiger partial charge on any atom is -0.357 e. The summed E-state index contributed by atoms with van der Waals surface area (Å²) in [6.07, 6.45) is 4.51. The SMILES string of the molecule is CN(CCC(=O)NC=O)c1nn(C)c2cc(C3CCN(c4ncc(Cl)c(Nc5ccc6c(c5)CC(=O)N6C)n4)CC3)ccc12. The summed E-state index contributed by atoms with van der Waals surface area (Å²) in [5, 5.41) is 11.6. The number of nitrogens with one attached hydrogen (secondary N) is 2. The maximum absolute atomic E-state index is 12.1. The van der Waals surface area contributed by atoms with Gasteiger partial charge in [-0.05, 0) is 60.2 Å². The Kier molecular flexibility index (Phi) is 8.09. The van der Waals surface area contributed by atoms with Gasteiger partial charge in [0.05, 0.1) is 18.1 Å². The Morgan fingerprint density at radius 2 is 1.95 bits per heavy atom. The lowest BCUT2D eigenvalue weighted by Crippen LogP contribution is -2.34. The van der Waals surface area contributed by atoms with Crippen molar-refractivity contribution in [2.24, 2.45) is 7.05 Å². The maximum Gasteiger partial charge on any atom is 0.231 e. The minimum absolute atomic E-state index is 0.0794. The van der Waals surface area contributed by atoms with Crippen LogP contribution < -0.4 is 25.3 Å². The van der Waals surface area contributed by atoms with Crippen molar-refractivity contribution in [3.63, 3.8) is 0 Å². The molecule has 4 aromatic rings. The Morgan fingerprint density at radius 1 is 1.16 bits per heavy atom. The Hall–Kier alpha value is -4.71. The number of rotatable bonds is 9. The van der Waals surface area contributed by atoms with E-state index in [1.54, 1.807) is 18.1 Å². The third kappa shape index (κ3) is 5.77. The summed E-state index contributed by atoms with van der Waals surface area (Å²) in [7, 11) is 5.61. The highest BCUT2D eigenvalue weighted by atomic mass is 35.5. The van der Waals surface area contributed by atoms with Gasteiger partial charge in [-0.15, -0.1) is 0 Å². The molecule has 0 unspecified atom stereocenters. The third-order valence-electron chi connectivity index (χ3n) is 8.51. The highest BCUT2D eigenvalue weighted by molar-refractivity contribution is 6.32. The Labute approximate surface area is 260 Å². The Bertz CT molecular complexity index is 1750. The summed E-state index contributed by atoms with van der Waals surface area (Å²) in [4.78, 5) is 49.4. The zero-order valence-corrected chi connectivity index (χ0v) is 25.6. The van der Waals surface area contributed by atoms with E-state index < -0.39 is 0 Å². The molecule has 0 bridgehead atoms. The molecule has 12 nitrogen and oxygen atoms in total. The average Bonchev–Trinajstić information content (AvgIpc) is 3.51. The molecule has 0 atom stereocenters. The molecule has 13 heteroatoms. The largest absolute Gasteiger partial charge is 0.357 e. The number of likely N-dealkylation sites (N-methyl/N-ethyl adjacent to an activating group) is 1. The minimum atomic E-state index is -0.316. The van der Waals surface area contributed by atoms with Crippen LogP contribution in [0.4, 0.5) is 29.0 Å². The summed E-state index contributed by atoms with van der Waals surface area (Å²) in [6, 6.07) is 12.3. The molecule has 44 heavy (non-hydrogen) atoms. The van der Waals surface area contributed by atoms with Gasteiger partial charge in [0.15, 0.2) is 11.6 Å². The Morgan fingerprint density at radius 3 is 2.73 bits per heavy atom. The van der Waals surface area contributed by atoms with Crippen LogP contribution in [0.15, 0.2) is 42.6 Å². The first-order chi connectivity index (χ1) is 21.2. The van der Waals surface area contributed by atoms with Gasteiger partial charge in [0.2, 0.25) is 24.2 Å². The molecule has 2 aliphatic rings. The van der Waals surface area contributed by atoms with E-state index in [-0.39, 0.29) is 18.2 Å². The number of fused-ring (bicyclic) bond motifs is 2. The lowest BCUT2D eigenvalue weighted by atomic mass is 9.89. The number of benzene rings is 2. The second-order valence-corrected chi connectivity index (χ2v) is 11.7. The van der Waals surface area contributed by atoms with Gasteiger partial charge in [-0.3, -0.25) is 24.4 Å². The molecule has 2 N–H and O–H groups in total. The first-order valence-corrected chi connectivity index (χ1v) is 14.9. The second-order valence-electron chi connectivity index (χ2n) is 11.3. The van der Waals surface area contributed by atoms with Crippen molar-refractivity contribution in [3.8, 4) is 0 Å². The molecule has 6 rings (SSSR count). The fourth-order valence-electron chi connectivity index (χ4n) is 6.00. The molecule has 2 aromatic carbocycles. The van der Waals surface area contributed by atoms with Gasteiger partial charge in [-0.25, -0.2) is 4.98 Å². The van der Waals surface area contributed by atoms with Crippen LogP contribution >= 0.6 is 11.6 Å². The van der Waals surface area contributed by atoms with Crippen molar-refractivity contribution < 1.29 is 14.4 Å². The van der Waals surface area contributed by atoms with Crippen molar-refractivity contribution in [1.29, 1.82) is 0 Å². The number of piperidine rings is 1. The van der Waals surface area contributed by atoms with Crippen molar-refractivity contribution in [1.82, 2.24) is 25.1 Å². The molecule has 0 spiro atoms. The van der Waals surface area contributed by atoms with Crippen molar-refractivity contribution in [2.75, 3.05) is 53.7 Å². The third-order valence-corrected chi connectivity index (χ3v) is 8.79. The summed E-state index contributed by atoms with van der Waals surface area (Å²) >= 11 is 6.47. The molecule has 1 fully saturated rings. The number of hydrogen-bond acceptors (Lipinski definition) is 9. The van der Waals surface area contributed by atoms with E-state index in [0.29, 0.717) is 42.1 Å². The van der Waals surface area contributed by atoms with Crippen molar-refractivity contribution >= 4 is 69.7 Å². The lowest BCUT2D eigenvalue weighted by molar-refractivity contribution is -0.125. The standard InChI is InChI=1S/C31H34ClN9O3/c1-38(11-10-27(43)34-18-42)30-23-6-4-20(15-26(23)40(3)37-30)19-8-12-41(13-9-19)31-33-17-24(32)29(36-31)35-22-5-7-25-21(14-22)16-28(44)39(25)2/h4-7,14-15,17-19H,8-13,16H2,1-3H3,(H,33,35,36)(H,34,42,43). The van der Waals surface area contributed by atoms with E-state index >= 15 is 0 Å². The smallest absolute Gasteiger partial charge is 0.231 e.